The SMILES string of the molecule is NC(=O)[C@@H]1CC[C@H](NC(=O)N2CCCC(N3CCCC3)CC2)C1. The predicted octanol–water partition coefficient (Wildman–Crippen LogP) is 1.30. The number of nitrogens with zero attached hydrogens (tertiary/aromatic N) is 2. The van der Waals surface area contributed by atoms with Crippen molar-refractivity contribution in [3.63, 3.8) is 0 Å². The summed E-state index contributed by atoms with van der Waals surface area (Å²) in [5.74, 6) is -0.297. The lowest BCUT2D eigenvalue weighted by atomic mass is 10.1. The molecule has 0 aromatic heterocycles. The van der Waals surface area contributed by atoms with E-state index in [1.165, 1.54) is 32.4 Å². The van der Waals surface area contributed by atoms with Gasteiger partial charge in [-0.1, -0.05) is 0 Å². The van der Waals surface area contributed by atoms with Crippen molar-refractivity contribution in [3.05, 3.63) is 0 Å². The molecule has 1 saturated carbocycles. The predicted molar refractivity (Wildman–Crippen MR) is 88.9 cm³/mol. The second-order valence-corrected chi connectivity index (χ2v) is 7.37. The zero-order valence-corrected chi connectivity index (χ0v) is 14.0. The first-order valence-corrected chi connectivity index (χ1v) is 9.22. The van der Waals surface area contributed by atoms with Crippen LogP contribution < -0.4 is 11.1 Å². The maximum atomic E-state index is 12.5. The Balaban J connectivity index is 1.45. The molecule has 3 atom stereocenters. The minimum Gasteiger partial charge on any atom is -0.369 e. The van der Waals surface area contributed by atoms with Gasteiger partial charge >= 0.3 is 6.03 Å². The molecule has 3 N–H and O–H groups in total. The van der Waals surface area contributed by atoms with Gasteiger partial charge in [0.25, 0.3) is 0 Å². The van der Waals surface area contributed by atoms with Crippen molar-refractivity contribution in [1.82, 2.24) is 15.1 Å². The lowest BCUT2D eigenvalue weighted by Gasteiger charge is -2.27. The number of nitrogens with one attached hydrogen (secondary N) is 1. The molecule has 0 bridgehead atoms. The number of hydrogen-bond donors (Lipinski definition) is 2. The van der Waals surface area contributed by atoms with Crippen LogP contribution in [0.1, 0.15) is 51.4 Å². The fraction of sp³-hybridized carbons (Fsp3) is 0.882. The van der Waals surface area contributed by atoms with Gasteiger partial charge in [0, 0.05) is 31.1 Å². The van der Waals surface area contributed by atoms with E-state index in [0.29, 0.717) is 12.5 Å². The fourth-order valence-electron chi connectivity index (χ4n) is 4.39. The highest BCUT2D eigenvalue weighted by Gasteiger charge is 2.31. The van der Waals surface area contributed by atoms with E-state index in [2.05, 4.69) is 10.2 Å². The molecule has 6 heteroatoms. The Kier molecular flexibility index (Phi) is 5.41. The molecule has 0 spiro atoms. The fourth-order valence-corrected chi connectivity index (χ4v) is 4.39. The minimum atomic E-state index is -0.232. The Bertz CT molecular complexity index is 436. The second-order valence-electron chi connectivity index (χ2n) is 7.37. The lowest BCUT2D eigenvalue weighted by Crippen LogP contribution is -2.45. The van der Waals surface area contributed by atoms with Crippen molar-refractivity contribution < 1.29 is 9.59 Å². The minimum absolute atomic E-state index is 0.0437. The molecule has 1 unspecified atom stereocenters. The monoisotopic (exact) mass is 322 g/mol. The van der Waals surface area contributed by atoms with E-state index in [0.717, 1.165) is 38.8 Å². The van der Waals surface area contributed by atoms with Gasteiger partial charge in [-0.25, -0.2) is 4.79 Å². The lowest BCUT2D eigenvalue weighted by molar-refractivity contribution is -0.121. The number of primary amides is 1. The highest BCUT2D eigenvalue weighted by Crippen LogP contribution is 2.26. The van der Waals surface area contributed by atoms with Crippen LogP contribution in [0.5, 0.6) is 0 Å². The molecule has 0 aromatic rings. The van der Waals surface area contributed by atoms with Gasteiger partial charge in [-0.3, -0.25) is 4.79 Å². The average Bonchev–Trinajstić information content (AvgIpc) is 3.15. The highest BCUT2D eigenvalue weighted by molar-refractivity contribution is 5.78. The standard InChI is InChI=1S/C17H30N4O2/c18-16(22)13-5-6-14(12-13)19-17(23)21-10-3-4-15(7-11-21)20-8-1-2-9-20/h13-15H,1-12H2,(H2,18,22)(H,19,23)/t13-,14+,15?/m1/s1. The molecular weight excluding hydrogens is 292 g/mol. The molecule has 1 aliphatic carbocycles. The van der Waals surface area contributed by atoms with Gasteiger partial charge in [0.1, 0.15) is 0 Å². The molecule has 3 fully saturated rings. The molecule has 0 aromatic carbocycles. The molecule has 2 heterocycles. The highest BCUT2D eigenvalue weighted by atomic mass is 16.2. The van der Waals surface area contributed by atoms with Crippen molar-refractivity contribution in [2.45, 2.75) is 63.5 Å². The molecule has 130 valence electrons. The van der Waals surface area contributed by atoms with Crippen molar-refractivity contribution >= 4 is 11.9 Å². The van der Waals surface area contributed by atoms with Gasteiger partial charge in [0.2, 0.25) is 5.91 Å². The van der Waals surface area contributed by atoms with Crippen LogP contribution in [0.25, 0.3) is 0 Å². The third-order valence-electron chi connectivity index (χ3n) is 5.80. The van der Waals surface area contributed by atoms with E-state index in [9.17, 15) is 9.59 Å². The van der Waals surface area contributed by atoms with E-state index >= 15 is 0 Å². The van der Waals surface area contributed by atoms with Crippen LogP contribution >= 0.6 is 0 Å². The molecule has 3 rings (SSSR count). The zero-order valence-electron chi connectivity index (χ0n) is 14.0. The quantitative estimate of drug-likeness (QED) is 0.822. The van der Waals surface area contributed by atoms with Crippen molar-refractivity contribution in [2.75, 3.05) is 26.2 Å². The molecule has 0 radical (unpaired) electrons. The van der Waals surface area contributed by atoms with Gasteiger partial charge in [0.05, 0.1) is 0 Å². The molecular formula is C17H30N4O2. The summed E-state index contributed by atoms with van der Waals surface area (Å²) in [6.45, 7) is 4.15. The Morgan fingerprint density at radius 3 is 2.39 bits per heavy atom. The molecule has 2 aliphatic heterocycles. The molecule has 23 heavy (non-hydrogen) atoms. The Hall–Kier alpha value is -1.30. The smallest absolute Gasteiger partial charge is 0.317 e. The van der Waals surface area contributed by atoms with Crippen LogP contribution in [0.3, 0.4) is 0 Å². The summed E-state index contributed by atoms with van der Waals surface area (Å²) in [5, 5.41) is 3.11. The summed E-state index contributed by atoms with van der Waals surface area (Å²) < 4.78 is 0. The first-order chi connectivity index (χ1) is 11.1. The number of nitrogens with two attached hydrogens (primary N) is 1. The number of amides is 3. The summed E-state index contributed by atoms with van der Waals surface area (Å²) in [7, 11) is 0. The summed E-state index contributed by atoms with van der Waals surface area (Å²) in [5.41, 5.74) is 5.36. The van der Waals surface area contributed by atoms with Crippen LogP contribution in [-0.4, -0.2) is 60.0 Å². The maximum Gasteiger partial charge on any atom is 0.317 e. The number of urea groups is 1. The van der Waals surface area contributed by atoms with Gasteiger partial charge in [-0.05, 0) is 64.5 Å². The van der Waals surface area contributed by atoms with Crippen molar-refractivity contribution in [2.24, 2.45) is 11.7 Å². The van der Waals surface area contributed by atoms with Crippen LogP contribution in [0.4, 0.5) is 4.79 Å². The van der Waals surface area contributed by atoms with E-state index in [1.807, 2.05) is 4.90 Å². The molecule has 2 saturated heterocycles. The largest absolute Gasteiger partial charge is 0.369 e. The summed E-state index contributed by atoms with van der Waals surface area (Å²) in [4.78, 5) is 28.3. The van der Waals surface area contributed by atoms with Crippen LogP contribution in [0.15, 0.2) is 0 Å². The van der Waals surface area contributed by atoms with E-state index < -0.39 is 0 Å². The summed E-state index contributed by atoms with van der Waals surface area (Å²) in [6, 6.07) is 0.806. The first-order valence-electron chi connectivity index (χ1n) is 9.22. The second kappa shape index (κ2) is 7.51. The molecule has 3 aliphatic rings. The third kappa shape index (κ3) is 4.16. The van der Waals surface area contributed by atoms with E-state index in [-0.39, 0.29) is 23.9 Å². The van der Waals surface area contributed by atoms with E-state index in [1.54, 1.807) is 0 Å². The Labute approximate surface area is 138 Å². The molecule has 3 amide bonds. The number of rotatable bonds is 3. The number of likely N-dealkylation sites (tertiary alicyclic amines) is 2. The van der Waals surface area contributed by atoms with Crippen LogP contribution in [-0.2, 0) is 4.79 Å². The van der Waals surface area contributed by atoms with Gasteiger partial charge in [0.15, 0.2) is 0 Å². The van der Waals surface area contributed by atoms with Crippen LogP contribution in [0, 0.1) is 5.92 Å². The topological polar surface area (TPSA) is 78.7 Å². The van der Waals surface area contributed by atoms with Crippen LogP contribution in [0.2, 0.25) is 0 Å². The average molecular weight is 322 g/mol. The number of carbonyl (C=O) groups is 2. The summed E-state index contributed by atoms with van der Waals surface area (Å²) >= 11 is 0. The Morgan fingerprint density at radius 1 is 0.913 bits per heavy atom. The summed E-state index contributed by atoms with van der Waals surface area (Å²) in [6.07, 6.45) is 8.39. The van der Waals surface area contributed by atoms with E-state index in [4.69, 9.17) is 5.73 Å². The Morgan fingerprint density at radius 2 is 1.70 bits per heavy atom. The maximum absolute atomic E-state index is 12.5. The number of hydrogen-bond acceptors (Lipinski definition) is 3. The van der Waals surface area contributed by atoms with Gasteiger partial charge in [-0.15, -0.1) is 0 Å². The first kappa shape index (κ1) is 16.6. The normalized spacial score (nSPS) is 32.7. The third-order valence-corrected chi connectivity index (χ3v) is 5.80. The van der Waals surface area contributed by atoms with Gasteiger partial charge < -0.3 is 20.9 Å². The molecule has 6 nitrogen and oxygen atoms in total. The zero-order chi connectivity index (χ0) is 16.2. The van der Waals surface area contributed by atoms with Gasteiger partial charge in [-0.2, -0.15) is 0 Å². The van der Waals surface area contributed by atoms with Crippen molar-refractivity contribution in [3.8, 4) is 0 Å². The number of carbonyl (C=O) groups excluding carboxylic acids is 2. The van der Waals surface area contributed by atoms with Crippen molar-refractivity contribution in [1.29, 1.82) is 0 Å².